The second-order valence-corrected chi connectivity index (χ2v) is 15.6. The minimum atomic E-state index is -0.103. The van der Waals surface area contributed by atoms with Gasteiger partial charge in [-0.3, -0.25) is 4.79 Å². The zero-order valence-corrected chi connectivity index (χ0v) is 30.9. The third-order valence-electron chi connectivity index (χ3n) is 10.3. The van der Waals surface area contributed by atoms with Crippen molar-refractivity contribution in [2.45, 2.75) is 208 Å². The molecule has 1 aliphatic rings. The summed E-state index contributed by atoms with van der Waals surface area (Å²) < 4.78 is 12.3. The number of aryl methyl sites for hydroxylation is 1. The minimum Gasteiger partial charge on any atom is -0.487 e. The van der Waals surface area contributed by atoms with Gasteiger partial charge in [-0.2, -0.15) is 0 Å². The maximum Gasteiger partial charge on any atom is 0.311 e. The number of carbonyl (C=O) groups is 1. The highest BCUT2D eigenvalue weighted by Gasteiger charge is 2.31. The fraction of sp³-hybridized carbons (Fsp3) is 0.833. The predicted octanol–water partition coefficient (Wildman–Crippen LogP) is 13.6. The first-order valence-corrected chi connectivity index (χ1v) is 19.7. The van der Waals surface area contributed by atoms with E-state index in [0.29, 0.717) is 12.2 Å². The molecule has 0 saturated carbocycles. The van der Waals surface area contributed by atoms with E-state index in [1.807, 2.05) is 18.2 Å². The van der Waals surface area contributed by atoms with Crippen molar-refractivity contribution in [2.24, 2.45) is 17.8 Å². The molecule has 0 bridgehead atoms. The van der Waals surface area contributed by atoms with Crippen LogP contribution in [0.4, 0.5) is 0 Å². The van der Waals surface area contributed by atoms with Crippen LogP contribution in [-0.2, 0) is 11.2 Å². The lowest BCUT2D eigenvalue weighted by Crippen LogP contribution is -2.36. The van der Waals surface area contributed by atoms with Gasteiger partial charge in [0.25, 0.3) is 0 Å². The van der Waals surface area contributed by atoms with E-state index in [4.69, 9.17) is 9.47 Å². The maximum atomic E-state index is 12.5. The molecular formula is C42H74O3. The van der Waals surface area contributed by atoms with Gasteiger partial charge < -0.3 is 9.47 Å². The number of hydrogen-bond donors (Lipinski definition) is 0. The van der Waals surface area contributed by atoms with E-state index in [1.54, 1.807) is 0 Å². The zero-order chi connectivity index (χ0) is 32.8. The molecule has 0 aromatic heterocycles. The average Bonchev–Trinajstić information content (AvgIpc) is 2.99. The molecule has 0 amide bonds. The number of benzene rings is 1. The molecule has 3 unspecified atom stereocenters. The van der Waals surface area contributed by atoms with E-state index in [1.165, 1.54) is 128 Å². The Morgan fingerprint density at radius 3 is 1.84 bits per heavy atom. The summed E-state index contributed by atoms with van der Waals surface area (Å²) in [6, 6.07) is 5.96. The lowest BCUT2D eigenvalue weighted by Gasteiger charge is -2.36. The smallest absolute Gasteiger partial charge is 0.311 e. The van der Waals surface area contributed by atoms with Crippen LogP contribution in [0.15, 0.2) is 18.2 Å². The summed E-state index contributed by atoms with van der Waals surface area (Å²) in [7, 11) is 0. The second-order valence-electron chi connectivity index (χ2n) is 15.6. The van der Waals surface area contributed by atoms with Gasteiger partial charge in [-0.05, 0) is 80.5 Å². The predicted molar refractivity (Wildman–Crippen MR) is 194 cm³/mol. The molecule has 0 spiro atoms. The molecule has 0 radical (unpaired) electrons. The van der Waals surface area contributed by atoms with Crippen LogP contribution in [0.1, 0.15) is 201 Å². The molecule has 3 heteroatoms. The molecule has 45 heavy (non-hydrogen) atoms. The molecule has 260 valence electrons. The Bertz CT molecular complexity index is 892. The highest BCUT2D eigenvalue weighted by Crippen LogP contribution is 2.38. The quantitative estimate of drug-likeness (QED) is 0.0553. The Balaban J connectivity index is 1.55. The van der Waals surface area contributed by atoms with Crippen LogP contribution in [0.5, 0.6) is 11.5 Å². The second kappa shape index (κ2) is 23.8. The number of hydrogen-bond acceptors (Lipinski definition) is 3. The third-order valence-corrected chi connectivity index (χ3v) is 10.3. The minimum absolute atomic E-state index is 0.0932. The third kappa shape index (κ3) is 19.0. The van der Waals surface area contributed by atoms with Gasteiger partial charge in [-0.15, -0.1) is 0 Å². The van der Waals surface area contributed by atoms with Crippen molar-refractivity contribution in [3.05, 3.63) is 23.8 Å². The van der Waals surface area contributed by atoms with Gasteiger partial charge in [0.1, 0.15) is 17.1 Å². The number of esters is 1. The number of rotatable bonds is 27. The summed E-state index contributed by atoms with van der Waals surface area (Å²) in [6.45, 7) is 14.1. The number of carbonyl (C=O) groups excluding carboxylic acids is 1. The first-order valence-electron chi connectivity index (χ1n) is 19.7. The largest absolute Gasteiger partial charge is 0.487 e. The standard InChI is InChI=1S/C42H74O3/c1-7-8-9-10-11-12-13-14-15-16-17-18-19-28-41(43)44-39-29-30-40-38(34-39)31-33-42(6,45-40)32-22-27-37(5)26-21-25-36(4)24-20-23-35(2)3/h29-30,34-37H,7-28,31-33H2,1-6H3. The SMILES string of the molecule is CCCCCCCCCCCCCCCC(=O)Oc1ccc2c(c1)CCC(C)(CCCC(C)CCCC(C)CCCC(C)C)O2. The van der Waals surface area contributed by atoms with Crippen molar-refractivity contribution < 1.29 is 14.3 Å². The highest BCUT2D eigenvalue weighted by molar-refractivity contribution is 5.72. The summed E-state index contributed by atoms with van der Waals surface area (Å²) in [5.74, 6) is 4.05. The van der Waals surface area contributed by atoms with Crippen LogP contribution in [0.2, 0.25) is 0 Å². The molecule has 3 nitrogen and oxygen atoms in total. The number of unbranched alkanes of at least 4 members (excludes halogenated alkanes) is 12. The molecule has 0 N–H and O–H groups in total. The summed E-state index contributed by atoms with van der Waals surface area (Å²) >= 11 is 0. The summed E-state index contributed by atoms with van der Waals surface area (Å²) in [5, 5.41) is 0. The summed E-state index contributed by atoms with van der Waals surface area (Å²) in [5.41, 5.74) is 1.08. The summed E-state index contributed by atoms with van der Waals surface area (Å²) in [4.78, 5) is 12.5. The van der Waals surface area contributed by atoms with Gasteiger partial charge in [0.05, 0.1) is 0 Å². The highest BCUT2D eigenvalue weighted by atomic mass is 16.5. The fourth-order valence-corrected chi connectivity index (χ4v) is 7.08. The van der Waals surface area contributed by atoms with Crippen LogP contribution in [0.25, 0.3) is 0 Å². The van der Waals surface area contributed by atoms with Gasteiger partial charge >= 0.3 is 5.97 Å². The van der Waals surface area contributed by atoms with Crippen molar-refractivity contribution in [3.8, 4) is 11.5 Å². The van der Waals surface area contributed by atoms with Gasteiger partial charge in [-0.1, -0.05) is 157 Å². The van der Waals surface area contributed by atoms with Crippen LogP contribution in [0, 0.1) is 17.8 Å². The van der Waals surface area contributed by atoms with E-state index in [2.05, 4.69) is 41.5 Å². The van der Waals surface area contributed by atoms with Gasteiger partial charge in [-0.25, -0.2) is 0 Å². The van der Waals surface area contributed by atoms with Crippen LogP contribution < -0.4 is 9.47 Å². The van der Waals surface area contributed by atoms with Crippen molar-refractivity contribution in [2.75, 3.05) is 0 Å². The Hall–Kier alpha value is -1.51. The molecule has 1 aromatic carbocycles. The molecule has 1 aromatic rings. The van der Waals surface area contributed by atoms with E-state index >= 15 is 0 Å². The zero-order valence-electron chi connectivity index (χ0n) is 30.9. The molecule has 0 saturated heterocycles. The van der Waals surface area contributed by atoms with E-state index in [9.17, 15) is 4.79 Å². The van der Waals surface area contributed by atoms with Gasteiger partial charge in [0.2, 0.25) is 0 Å². The van der Waals surface area contributed by atoms with Gasteiger partial charge in [0.15, 0.2) is 0 Å². The molecule has 0 aliphatic carbocycles. The first-order chi connectivity index (χ1) is 21.7. The lowest BCUT2D eigenvalue weighted by atomic mass is 9.86. The van der Waals surface area contributed by atoms with Crippen molar-refractivity contribution >= 4 is 5.97 Å². The van der Waals surface area contributed by atoms with Crippen molar-refractivity contribution in [1.82, 2.24) is 0 Å². The van der Waals surface area contributed by atoms with E-state index in [0.717, 1.165) is 55.6 Å². The van der Waals surface area contributed by atoms with E-state index in [-0.39, 0.29) is 11.6 Å². The first kappa shape index (κ1) is 39.7. The Kier molecular flexibility index (Phi) is 20.9. The maximum absolute atomic E-state index is 12.5. The van der Waals surface area contributed by atoms with Crippen LogP contribution >= 0.6 is 0 Å². The number of fused-ring (bicyclic) bond motifs is 1. The molecule has 1 heterocycles. The Morgan fingerprint density at radius 1 is 0.733 bits per heavy atom. The van der Waals surface area contributed by atoms with Gasteiger partial charge in [0, 0.05) is 6.42 Å². The summed E-state index contributed by atoms with van der Waals surface area (Å²) in [6.07, 6.45) is 31.5. The molecule has 2 rings (SSSR count). The topological polar surface area (TPSA) is 35.5 Å². The molecule has 3 atom stereocenters. The Morgan fingerprint density at radius 2 is 1.27 bits per heavy atom. The lowest BCUT2D eigenvalue weighted by molar-refractivity contribution is -0.134. The molecule has 1 aliphatic heterocycles. The molecule has 0 fully saturated rings. The number of ether oxygens (including phenoxy) is 2. The van der Waals surface area contributed by atoms with Crippen molar-refractivity contribution in [1.29, 1.82) is 0 Å². The fourth-order valence-electron chi connectivity index (χ4n) is 7.08. The Labute approximate surface area is 280 Å². The average molecular weight is 627 g/mol. The van der Waals surface area contributed by atoms with Crippen molar-refractivity contribution in [3.63, 3.8) is 0 Å². The molecular weight excluding hydrogens is 552 g/mol. The normalized spacial score (nSPS) is 17.6. The van der Waals surface area contributed by atoms with Crippen LogP contribution in [-0.4, -0.2) is 11.6 Å². The monoisotopic (exact) mass is 627 g/mol. The van der Waals surface area contributed by atoms with E-state index < -0.39 is 0 Å². The van der Waals surface area contributed by atoms with Crippen LogP contribution in [0.3, 0.4) is 0 Å².